The molecular formula is C16H33Cl2N3O. The van der Waals surface area contributed by atoms with E-state index in [2.05, 4.69) is 29.0 Å². The first-order chi connectivity index (χ1) is 9.74. The summed E-state index contributed by atoms with van der Waals surface area (Å²) < 4.78 is 0. The third-order valence-electron chi connectivity index (χ3n) is 4.95. The number of rotatable bonds is 5. The largest absolute Gasteiger partial charge is 0.341 e. The topological polar surface area (TPSA) is 35.6 Å². The quantitative estimate of drug-likeness (QED) is 0.824. The molecule has 2 rings (SSSR count). The maximum absolute atomic E-state index is 12.4. The summed E-state index contributed by atoms with van der Waals surface area (Å²) in [5, 5.41) is 3.38. The van der Waals surface area contributed by atoms with Gasteiger partial charge in [-0.25, -0.2) is 0 Å². The van der Waals surface area contributed by atoms with Crippen LogP contribution in [0.4, 0.5) is 0 Å². The van der Waals surface area contributed by atoms with Crippen LogP contribution in [0.15, 0.2) is 0 Å². The minimum Gasteiger partial charge on any atom is -0.341 e. The van der Waals surface area contributed by atoms with E-state index in [1.807, 2.05) is 0 Å². The van der Waals surface area contributed by atoms with Crippen molar-refractivity contribution in [3.8, 4) is 0 Å². The normalized spacial score (nSPS) is 22.9. The van der Waals surface area contributed by atoms with Crippen LogP contribution >= 0.6 is 24.8 Å². The zero-order valence-corrected chi connectivity index (χ0v) is 15.7. The Bertz CT molecular complexity index is 300. The molecule has 0 aromatic rings. The fraction of sp³-hybridized carbons (Fsp3) is 0.938. The van der Waals surface area contributed by atoms with Crippen molar-refractivity contribution < 1.29 is 4.79 Å². The predicted molar refractivity (Wildman–Crippen MR) is 97.2 cm³/mol. The van der Waals surface area contributed by atoms with Gasteiger partial charge in [0.15, 0.2) is 0 Å². The maximum atomic E-state index is 12.4. The molecule has 2 fully saturated rings. The third-order valence-corrected chi connectivity index (χ3v) is 4.95. The van der Waals surface area contributed by atoms with Crippen molar-refractivity contribution in [2.45, 2.75) is 52.0 Å². The molecule has 2 aliphatic heterocycles. The molecule has 1 atom stereocenters. The summed E-state index contributed by atoms with van der Waals surface area (Å²) >= 11 is 0. The minimum absolute atomic E-state index is 0. The first-order valence-electron chi connectivity index (χ1n) is 8.49. The van der Waals surface area contributed by atoms with Gasteiger partial charge in [0.25, 0.3) is 0 Å². The van der Waals surface area contributed by atoms with Gasteiger partial charge in [-0.15, -0.1) is 24.8 Å². The highest BCUT2D eigenvalue weighted by atomic mass is 35.5. The average molecular weight is 354 g/mol. The van der Waals surface area contributed by atoms with Crippen molar-refractivity contribution in [2.75, 3.05) is 39.3 Å². The molecule has 6 heteroatoms. The van der Waals surface area contributed by atoms with Crippen molar-refractivity contribution in [3.05, 3.63) is 0 Å². The highest BCUT2D eigenvalue weighted by Gasteiger charge is 2.29. The SMILES string of the molecule is CCN(CC)CC1CCN(C(=O)[C@@H]2CCCCN2)CC1.Cl.Cl. The summed E-state index contributed by atoms with van der Waals surface area (Å²) in [6, 6.07) is 0.100. The summed E-state index contributed by atoms with van der Waals surface area (Å²) in [6.07, 6.45) is 5.79. The molecule has 0 aliphatic carbocycles. The van der Waals surface area contributed by atoms with Crippen LogP contribution in [0.3, 0.4) is 0 Å². The lowest BCUT2D eigenvalue weighted by molar-refractivity contribution is -0.135. The van der Waals surface area contributed by atoms with Crippen LogP contribution < -0.4 is 5.32 Å². The van der Waals surface area contributed by atoms with Crippen molar-refractivity contribution >= 4 is 30.7 Å². The molecule has 2 heterocycles. The standard InChI is InChI=1S/C16H31N3O.2ClH/c1-3-18(4-2)13-14-8-11-19(12-9-14)16(20)15-7-5-6-10-17-15;;/h14-15,17H,3-13H2,1-2H3;2*1H/t15-;;/m0../s1. The smallest absolute Gasteiger partial charge is 0.239 e. The summed E-state index contributed by atoms with van der Waals surface area (Å²) in [6.45, 7) is 10.9. The Morgan fingerprint density at radius 3 is 2.23 bits per heavy atom. The number of amides is 1. The number of halogens is 2. The molecule has 4 nitrogen and oxygen atoms in total. The van der Waals surface area contributed by atoms with E-state index in [9.17, 15) is 4.79 Å². The predicted octanol–water partition coefficient (Wildman–Crippen LogP) is 2.55. The van der Waals surface area contributed by atoms with Crippen LogP contribution in [0.5, 0.6) is 0 Å². The number of nitrogens with one attached hydrogen (secondary N) is 1. The molecule has 0 spiro atoms. The Hall–Kier alpha value is -0.0300. The lowest BCUT2D eigenvalue weighted by Gasteiger charge is -2.37. The summed E-state index contributed by atoms with van der Waals surface area (Å²) in [5.74, 6) is 1.13. The molecule has 0 radical (unpaired) electrons. The first-order valence-corrected chi connectivity index (χ1v) is 8.49. The van der Waals surface area contributed by atoms with Crippen molar-refractivity contribution in [1.29, 1.82) is 0 Å². The van der Waals surface area contributed by atoms with Crippen LogP contribution in [0.2, 0.25) is 0 Å². The van der Waals surface area contributed by atoms with Crippen LogP contribution in [-0.2, 0) is 4.79 Å². The van der Waals surface area contributed by atoms with Gasteiger partial charge in [0, 0.05) is 19.6 Å². The number of carbonyl (C=O) groups is 1. The molecule has 0 bridgehead atoms. The minimum atomic E-state index is 0. The second kappa shape index (κ2) is 11.5. The molecule has 0 unspecified atom stereocenters. The second-order valence-corrected chi connectivity index (χ2v) is 6.26. The summed E-state index contributed by atoms with van der Waals surface area (Å²) in [5.41, 5.74) is 0. The van der Waals surface area contributed by atoms with Gasteiger partial charge in [0.05, 0.1) is 6.04 Å². The molecule has 0 aromatic carbocycles. The van der Waals surface area contributed by atoms with Crippen molar-refractivity contribution in [3.63, 3.8) is 0 Å². The molecular weight excluding hydrogens is 321 g/mol. The maximum Gasteiger partial charge on any atom is 0.239 e. The zero-order valence-electron chi connectivity index (χ0n) is 14.1. The number of hydrogen-bond donors (Lipinski definition) is 1. The Kier molecular flexibility index (Phi) is 11.5. The molecule has 0 aromatic heterocycles. The Morgan fingerprint density at radius 1 is 1.09 bits per heavy atom. The van der Waals surface area contributed by atoms with E-state index in [1.54, 1.807) is 0 Å². The van der Waals surface area contributed by atoms with Gasteiger partial charge in [-0.2, -0.15) is 0 Å². The van der Waals surface area contributed by atoms with Gasteiger partial charge in [-0.05, 0) is 51.2 Å². The van der Waals surface area contributed by atoms with E-state index in [0.29, 0.717) is 5.91 Å². The van der Waals surface area contributed by atoms with Crippen LogP contribution in [0.25, 0.3) is 0 Å². The Labute approximate surface area is 148 Å². The first kappa shape index (κ1) is 22.0. The number of carbonyl (C=O) groups excluding carboxylic acids is 1. The Morgan fingerprint density at radius 2 is 1.73 bits per heavy atom. The number of piperidine rings is 2. The second-order valence-electron chi connectivity index (χ2n) is 6.26. The van der Waals surface area contributed by atoms with Gasteiger partial charge in [0.1, 0.15) is 0 Å². The number of nitrogens with zero attached hydrogens (tertiary/aromatic N) is 2. The van der Waals surface area contributed by atoms with E-state index < -0.39 is 0 Å². The van der Waals surface area contributed by atoms with E-state index >= 15 is 0 Å². The molecule has 2 saturated heterocycles. The molecule has 0 saturated carbocycles. The number of likely N-dealkylation sites (tertiary alicyclic amines) is 1. The fourth-order valence-electron chi connectivity index (χ4n) is 3.47. The van der Waals surface area contributed by atoms with Gasteiger partial charge in [-0.1, -0.05) is 20.3 Å². The van der Waals surface area contributed by atoms with Crippen LogP contribution in [-0.4, -0.2) is 61.0 Å². The van der Waals surface area contributed by atoms with Crippen LogP contribution in [0, 0.1) is 5.92 Å². The lowest BCUT2D eigenvalue weighted by Crippen LogP contribution is -2.51. The molecule has 22 heavy (non-hydrogen) atoms. The Balaban J connectivity index is 0.00000220. The van der Waals surface area contributed by atoms with Crippen molar-refractivity contribution in [1.82, 2.24) is 15.1 Å². The van der Waals surface area contributed by atoms with Gasteiger partial charge in [0.2, 0.25) is 5.91 Å². The van der Waals surface area contributed by atoms with E-state index in [1.165, 1.54) is 32.2 Å². The van der Waals surface area contributed by atoms with Gasteiger partial charge in [-0.3, -0.25) is 4.79 Å². The molecule has 2 aliphatic rings. The summed E-state index contributed by atoms with van der Waals surface area (Å²) in [4.78, 5) is 17.1. The van der Waals surface area contributed by atoms with Crippen LogP contribution in [0.1, 0.15) is 46.0 Å². The third kappa shape index (κ3) is 6.23. The van der Waals surface area contributed by atoms with Gasteiger partial charge < -0.3 is 15.1 Å². The van der Waals surface area contributed by atoms with E-state index in [-0.39, 0.29) is 30.9 Å². The highest BCUT2D eigenvalue weighted by molar-refractivity contribution is 5.85. The zero-order chi connectivity index (χ0) is 14.4. The summed E-state index contributed by atoms with van der Waals surface area (Å²) in [7, 11) is 0. The van der Waals surface area contributed by atoms with Crippen molar-refractivity contribution in [2.24, 2.45) is 5.92 Å². The van der Waals surface area contributed by atoms with E-state index in [0.717, 1.165) is 45.1 Å². The fourth-order valence-corrected chi connectivity index (χ4v) is 3.47. The molecule has 1 N–H and O–H groups in total. The number of hydrogen-bond acceptors (Lipinski definition) is 3. The highest BCUT2D eigenvalue weighted by Crippen LogP contribution is 2.20. The average Bonchev–Trinajstić information content (AvgIpc) is 2.53. The van der Waals surface area contributed by atoms with E-state index in [4.69, 9.17) is 0 Å². The molecule has 1 amide bonds. The lowest BCUT2D eigenvalue weighted by atomic mass is 9.95. The monoisotopic (exact) mass is 353 g/mol. The molecule has 132 valence electrons. The van der Waals surface area contributed by atoms with Gasteiger partial charge >= 0.3 is 0 Å².